The van der Waals surface area contributed by atoms with E-state index in [0.29, 0.717) is 25.9 Å². The van der Waals surface area contributed by atoms with E-state index in [1.807, 2.05) is 32.9 Å². The summed E-state index contributed by atoms with van der Waals surface area (Å²) in [7, 11) is 4.23. The highest BCUT2D eigenvalue weighted by atomic mass is 16.6. The molecule has 6 nitrogen and oxygen atoms in total. The molecule has 0 spiro atoms. The van der Waals surface area contributed by atoms with Gasteiger partial charge in [-0.15, -0.1) is 0 Å². The van der Waals surface area contributed by atoms with Crippen LogP contribution < -0.4 is 15.5 Å². The van der Waals surface area contributed by atoms with Crippen LogP contribution in [0.25, 0.3) is 0 Å². The third kappa shape index (κ3) is 10.4. The number of nitrogens with one attached hydrogen (secondary N) is 3. The van der Waals surface area contributed by atoms with Gasteiger partial charge in [0.1, 0.15) is 12.1 Å². The van der Waals surface area contributed by atoms with Crippen LogP contribution in [-0.2, 0) is 22.6 Å². The molecule has 0 aromatic heterocycles. The van der Waals surface area contributed by atoms with Gasteiger partial charge < -0.3 is 20.3 Å². The first kappa shape index (κ1) is 21.0. The number of carbonyl (C=O) groups is 2. The molecule has 0 saturated carbocycles. The fourth-order valence-corrected chi connectivity index (χ4v) is 2.23. The van der Waals surface area contributed by atoms with Crippen molar-refractivity contribution in [1.29, 1.82) is 0 Å². The van der Waals surface area contributed by atoms with Crippen LogP contribution in [0.2, 0.25) is 0 Å². The molecule has 6 heteroatoms. The lowest BCUT2D eigenvalue weighted by Gasteiger charge is -2.19. The van der Waals surface area contributed by atoms with Gasteiger partial charge in [-0.25, -0.2) is 4.79 Å². The van der Waals surface area contributed by atoms with E-state index in [4.69, 9.17) is 4.74 Å². The quantitative estimate of drug-likeness (QED) is 0.618. The average Bonchev–Trinajstić information content (AvgIpc) is 2.48. The molecule has 2 amide bonds. The summed E-state index contributed by atoms with van der Waals surface area (Å²) in [6.07, 6.45) is 0.501. The van der Waals surface area contributed by atoms with Crippen molar-refractivity contribution in [3.05, 3.63) is 35.4 Å². The maximum Gasteiger partial charge on any atom is 0.407 e. The van der Waals surface area contributed by atoms with Crippen molar-refractivity contribution in [3.8, 4) is 0 Å². The average molecular weight is 350 g/mol. The summed E-state index contributed by atoms with van der Waals surface area (Å²) in [6.45, 7) is 7.37. The van der Waals surface area contributed by atoms with Crippen molar-refractivity contribution < 1.29 is 19.2 Å². The lowest BCUT2D eigenvalue weighted by atomic mass is 10.1. The monoisotopic (exact) mass is 350 g/mol. The smallest absolute Gasteiger partial charge is 0.407 e. The van der Waals surface area contributed by atoms with E-state index in [9.17, 15) is 9.59 Å². The first-order valence-corrected chi connectivity index (χ1v) is 8.76. The maximum atomic E-state index is 11.8. The summed E-state index contributed by atoms with van der Waals surface area (Å²) >= 11 is 0. The van der Waals surface area contributed by atoms with E-state index in [2.05, 4.69) is 36.9 Å². The fourth-order valence-electron chi connectivity index (χ4n) is 2.23. The van der Waals surface area contributed by atoms with Gasteiger partial charge in [0, 0.05) is 25.1 Å². The molecule has 1 aromatic carbocycles. The summed E-state index contributed by atoms with van der Waals surface area (Å²) in [6, 6.07) is 8.28. The highest BCUT2D eigenvalue weighted by molar-refractivity contribution is 5.76. The number of amides is 2. The van der Waals surface area contributed by atoms with Crippen molar-refractivity contribution in [2.24, 2.45) is 0 Å². The molecule has 3 N–H and O–H groups in total. The number of quaternary nitrogens is 1. The second kappa shape index (κ2) is 10.0. The van der Waals surface area contributed by atoms with Crippen LogP contribution in [0, 0.1) is 0 Å². The standard InChI is InChI=1S/C19H31N3O3/c1-19(2,3)25-18(24)20-12-6-7-17(23)21-13-15-8-10-16(11-9-15)14-22(4)5/h8-11H,6-7,12-14H2,1-5H3,(H,20,24)(H,21,23)/p+1. The summed E-state index contributed by atoms with van der Waals surface area (Å²) in [5.41, 5.74) is 1.85. The lowest BCUT2D eigenvalue weighted by Crippen LogP contribution is -3.04. The van der Waals surface area contributed by atoms with Crippen molar-refractivity contribution in [2.45, 2.75) is 52.3 Å². The molecule has 0 unspecified atom stereocenters. The zero-order chi connectivity index (χ0) is 18.9. The number of ether oxygens (including phenoxy) is 1. The molecule has 0 heterocycles. The van der Waals surface area contributed by atoms with Crippen LogP contribution in [0.3, 0.4) is 0 Å². The summed E-state index contributed by atoms with van der Waals surface area (Å²) < 4.78 is 5.13. The Balaban J connectivity index is 2.19. The molecule has 1 aromatic rings. The van der Waals surface area contributed by atoms with E-state index in [1.54, 1.807) is 0 Å². The Hall–Kier alpha value is -2.08. The molecule has 0 saturated heterocycles. The van der Waals surface area contributed by atoms with Gasteiger partial charge in [-0.3, -0.25) is 4.79 Å². The molecule has 0 aliphatic rings. The van der Waals surface area contributed by atoms with Gasteiger partial charge >= 0.3 is 6.09 Å². The Labute approximate surface area is 150 Å². The molecule has 0 aliphatic carbocycles. The van der Waals surface area contributed by atoms with Crippen molar-refractivity contribution in [3.63, 3.8) is 0 Å². The fraction of sp³-hybridized carbons (Fsp3) is 0.579. The van der Waals surface area contributed by atoms with Crippen LogP contribution in [0.15, 0.2) is 24.3 Å². The Morgan fingerprint density at radius 1 is 1.04 bits per heavy atom. The third-order valence-electron chi connectivity index (χ3n) is 3.32. The van der Waals surface area contributed by atoms with Crippen LogP contribution >= 0.6 is 0 Å². The molecule has 0 radical (unpaired) electrons. The van der Waals surface area contributed by atoms with Gasteiger partial charge in [0.15, 0.2) is 0 Å². The van der Waals surface area contributed by atoms with Crippen LogP contribution in [-0.4, -0.2) is 38.2 Å². The van der Waals surface area contributed by atoms with Crippen LogP contribution in [0.4, 0.5) is 4.79 Å². The highest BCUT2D eigenvalue weighted by Gasteiger charge is 2.15. The van der Waals surface area contributed by atoms with Gasteiger partial charge in [0.25, 0.3) is 0 Å². The minimum Gasteiger partial charge on any atom is -0.444 e. The Bertz CT molecular complexity index is 548. The first-order valence-electron chi connectivity index (χ1n) is 8.76. The van der Waals surface area contributed by atoms with E-state index in [0.717, 1.165) is 12.1 Å². The van der Waals surface area contributed by atoms with E-state index in [1.165, 1.54) is 10.5 Å². The molecular formula is C19H32N3O3+. The lowest BCUT2D eigenvalue weighted by molar-refractivity contribution is -0.872. The van der Waals surface area contributed by atoms with Crippen molar-refractivity contribution in [1.82, 2.24) is 10.6 Å². The largest absolute Gasteiger partial charge is 0.444 e. The Morgan fingerprint density at radius 2 is 1.64 bits per heavy atom. The zero-order valence-electron chi connectivity index (χ0n) is 16.1. The topological polar surface area (TPSA) is 71.9 Å². The Morgan fingerprint density at radius 3 is 2.20 bits per heavy atom. The number of carbonyl (C=O) groups excluding carboxylic acids is 2. The predicted molar refractivity (Wildman–Crippen MR) is 98.3 cm³/mol. The second-order valence-electron chi connectivity index (χ2n) is 7.51. The minimum atomic E-state index is -0.509. The molecule has 1 rings (SSSR count). The third-order valence-corrected chi connectivity index (χ3v) is 3.32. The number of hydrogen-bond acceptors (Lipinski definition) is 3. The number of hydrogen-bond donors (Lipinski definition) is 3. The zero-order valence-corrected chi connectivity index (χ0v) is 16.1. The minimum absolute atomic E-state index is 0.0206. The molecule has 0 atom stereocenters. The first-order chi connectivity index (χ1) is 11.7. The molecule has 0 fully saturated rings. The highest BCUT2D eigenvalue weighted by Crippen LogP contribution is 2.06. The van der Waals surface area contributed by atoms with E-state index in [-0.39, 0.29) is 5.91 Å². The van der Waals surface area contributed by atoms with E-state index >= 15 is 0 Å². The van der Waals surface area contributed by atoms with Crippen molar-refractivity contribution in [2.75, 3.05) is 20.6 Å². The van der Waals surface area contributed by atoms with Crippen molar-refractivity contribution >= 4 is 12.0 Å². The van der Waals surface area contributed by atoms with Gasteiger partial charge in [0.2, 0.25) is 5.91 Å². The molecule has 0 aliphatic heterocycles. The van der Waals surface area contributed by atoms with Gasteiger partial charge in [-0.2, -0.15) is 0 Å². The second-order valence-corrected chi connectivity index (χ2v) is 7.51. The normalized spacial score (nSPS) is 11.3. The summed E-state index contributed by atoms with van der Waals surface area (Å²) in [4.78, 5) is 24.7. The molecule has 0 bridgehead atoms. The summed E-state index contributed by atoms with van der Waals surface area (Å²) in [5, 5.41) is 5.54. The number of benzene rings is 1. The number of rotatable bonds is 8. The van der Waals surface area contributed by atoms with Crippen LogP contribution in [0.1, 0.15) is 44.7 Å². The van der Waals surface area contributed by atoms with Crippen LogP contribution in [0.5, 0.6) is 0 Å². The number of alkyl carbamates (subject to hydrolysis) is 1. The van der Waals surface area contributed by atoms with Gasteiger partial charge in [-0.1, -0.05) is 24.3 Å². The predicted octanol–water partition coefficient (Wildman–Crippen LogP) is 1.25. The summed E-state index contributed by atoms with van der Waals surface area (Å²) in [5.74, 6) is -0.0206. The van der Waals surface area contributed by atoms with E-state index < -0.39 is 11.7 Å². The molecule has 140 valence electrons. The molecular weight excluding hydrogens is 318 g/mol. The molecule has 25 heavy (non-hydrogen) atoms. The SMILES string of the molecule is C[NH+](C)Cc1ccc(CNC(=O)CCCNC(=O)OC(C)(C)C)cc1. The Kier molecular flexibility index (Phi) is 8.41. The van der Waals surface area contributed by atoms with Gasteiger partial charge in [0.05, 0.1) is 14.1 Å². The van der Waals surface area contributed by atoms with Gasteiger partial charge in [-0.05, 0) is 32.8 Å². The maximum absolute atomic E-state index is 11.8.